The number of nitrogens with two attached hydrogens (primary N) is 1. The van der Waals surface area contributed by atoms with Gasteiger partial charge in [0.25, 0.3) is 0 Å². The molecule has 15 heavy (non-hydrogen) atoms. The fourth-order valence-electron chi connectivity index (χ4n) is 1.94. The molecule has 82 valence electrons. The summed E-state index contributed by atoms with van der Waals surface area (Å²) in [7, 11) is -1.39. The first-order chi connectivity index (χ1) is 6.96. The van der Waals surface area contributed by atoms with Gasteiger partial charge in [-0.05, 0) is 23.6 Å². The van der Waals surface area contributed by atoms with Gasteiger partial charge in [0, 0.05) is 19.3 Å². The molecule has 2 rings (SSSR count). The molecule has 0 atom stereocenters. The number of benzene rings is 1. The Morgan fingerprint density at radius 2 is 2.20 bits per heavy atom. The van der Waals surface area contributed by atoms with E-state index in [4.69, 9.17) is 5.14 Å². The fraction of sp³-hybridized carbons (Fsp3) is 0.400. The van der Waals surface area contributed by atoms with Crippen molar-refractivity contribution in [2.75, 3.05) is 18.5 Å². The van der Waals surface area contributed by atoms with Crippen LogP contribution in [-0.4, -0.2) is 22.0 Å². The number of nitrogens with zero attached hydrogens (tertiary/aromatic N) is 1. The Morgan fingerprint density at radius 1 is 1.47 bits per heavy atom. The predicted molar refractivity (Wildman–Crippen MR) is 60.2 cm³/mol. The summed E-state index contributed by atoms with van der Waals surface area (Å²) in [6.45, 7) is 0.994. The highest BCUT2D eigenvalue weighted by Gasteiger charge is 2.16. The molecule has 1 aromatic carbocycles. The van der Waals surface area contributed by atoms with Gasteiger partial charge in [0.15, 0.2) is 0 Å². The minimum Gasteiger partial charge on any atom is -0.374 e. The first kappa shape index (κ1) is 10.4. The van der Waals surface area contributed by atoms with Gasteiger partial charge in [-0.2, -0.15) is 0 Å². The van der Waals surface area contributed by atoms with E-state index in [0.717, 1.165) is 18.5 Å². The Morgan fingerprint density at radius 3 is 2.87 bits per heavy atom. The van der Waals surface area contributed by atoms with E-state index in [1.807, 2.05) is 25.2 Å². The van der Waals surface area contributed by atoms with E-state index < -0.39 is 10.0 Å². The first-order valence-corrected chi connectivity index (χ1v) is 6.51. The van der Waals surface area contributed by atoms with E-state index in [1.54, 1.807) is 0 Å². The Bertz CT molecular complexity index is 482. The van der Waals surface area contributed by atoms with E-state index in [-0.39, 0.29) is 5.75 Å². The van der Waals surface area contributed by atoms with E-state index in [1.165, 1.54) is 11.3 Å². The van der Waals surface area contributed by atoms with Gasteiger partial charge < -0.3 is 4.90 Å². The number of fused-ring (bicyclic) bond motifs is 1. The molecule has 2 N–H and O–H groups in total. The quantitative estimate of drug-likeness (QED) is 0.797. The molecule has 1 aliphatic rings. The van der Waals surface area contributed by atoms with Crippen molar-refractivity contribution < 1.29 is 8.42 Å². The van der Waals surface area contributed by atoms with E-state index in [0.29, 0.717) is 0 Å². The van der Waals surface area contributed by atoms with Crippen molar-refractivity contribution in [3.63, 3.8) is 0 Å². The lowest BCUT2D eigenvalue weighted by atomic mass is 10.1. The van der Waals surface area contributed by atoms with Gasteiger partial charge >= 0.3 is 0 Å². The highest BCUT2D eigenvalue weighted by molar-refractivity contribution is 7.88. The zero-order chi connectivity index (χ0) is 11.1. The Kier molecular flexibility index (Phi) is 2.44. The molecular weight excluding hydrogens is 212 g/mol. The summed E-state index contributed by atoms with van der Waals surface area (Å²) in [5.41, 5.74) is 3.17. The summed E-state index contributed by atoms with van der Waals surface area (Å²) in [4.78, 5) is 2.16. The lowest BCUT2D eigenvalue weighted by molar-refractivity contribution is 0.597. The largest absolute Gasteiger partial charge is 0.374 e. The molecule has 5 heteroatoms. The number of sulfonamides is 1. The van der Waals surface area contributed by atoms with Crippen LogP contribution in [0.1, 0.15) is 11.1 Å². The molecule has 1 heterocycles. The van der Waals surface area contributed by atoms with Crippen molar-refractivity contribution in [2.24, 2.45) is 5.14 Å². The van der Waals surface area contributed by atoms with Crippen LogP contribution in [0.3, 0.4) is 0 Å². The smallest absolute Gasteiger partial charge is 0.213 e. The Labute approximate surface area is 89.7 Å². The first-order valence-electron chi connectivity index (χ1n) is 4.79. The third-order valence-electron chi connectivity index (χ3n) is 2.64. The molecule has 0 saturated carbocycles. The van der Waals surface area contributed by atoms with E-state index >= 15 is 0 Å². The Hall–Kier alpha value is -1.07. The van der Waals surface area contributed by atoms with Crippen molar-refractivity contribution in [1.29, 1.82) is 0 Å². The van der Waals surface area contributed by atoms with Crippen LogP contribution in [0.5, 0.6) is 0 Å². The molecular formula is C10H14N2O2S. The average molecular weight is 226 g/mol. The molecule has 1 aromatic rings. The van der Waals surface area contributed by atoms with Gasteiger partial charge in [0.1, 0.15) is 0 Å². The molecule has 0 amide bonds. The number of hydrogen-bond acceptors (Lipinski definition) is 3. The van der Waals surface area contributed by atoms with Crippen molar-refractivity contribution in [3.8, 4) is 0 Å². The monoisotopic (exact) mass is 226 g/mol. The van der Waals surface area contributed by atoms with Crippen molar-refractivity contribution >= 4 is 15.7 Å². The van der Waals surface area contributed by atoms with Crippen LogP contribution in [0.25, 0.3) is 0 Å². The lowest BCUT2D eigenvalue weighted by Crippen LogP contribution is -2.14. The SMILES string of the molecule is CN1CCc2cc(CS(N)(=O)=O)ccc21. The highest BCUT2D eigenvalue weighted by atomic mass is 32.2. The average Bonchev–Trinajstić information content (AvgIpc) is 2.45. The third-order valence-corrected chi connectivity index (χ3v) is 3.38. The summed E-state index contributed by atoms with van der Waals surface area (Å²) < 4.78 is 21.9. The summed E-state index contributed by atoms with van der Waals surface area (Å²) in [6.07, 6.45) is 0.976. The molecule has 1 aliphatic heterocycles. The van der Waals surface area contributed by atoms with Crippen LogP contribution in [-0.2, 0) is 22.2 Å². The highest BCUT2D eigenvalue weighted by Crippen LogP contribution is 2.27. The van der Waals surface area contributed by atoms with Crippen LogP contribution in [0.15, 0.2) is 18.2 Å². The summed E-state index contributed by atoms with van der Waals surface area (Å²) in [5.74, 6) is -0.0794. The molecule has 0 aliphatic carbocycles. The maximum atomic E-state index is 10.9. The third kappa shape index (κ3) is 2.30. The van der Waals surface area contributed by atoms with Crippen LogP contribution in [0.2, 0.25) is 0 Å². The minimum absolute atomic E-state index is 0.0794. The lowest BCUT2D eigenvalue weighted by Gasteiger charge is -2.11. The second kappa shape index (κ2) is 3.50. The minimum atomic E-state index is -3.42. The van der Waals surface area contributed by atoms with Crippen molar-refractivity contribution in [2.45, 2.75) is 12.2 Å². The van der Waals surface area contributed by atoms with Crippen LogP contribution < -0.4 is 10.0 Å². The van der Waals surface area contributed by atoms with Gasteiger partial charge in [-0.25, -0.2) is 13.6 Å². The summed E-state index contributed by atoms with van der Waals surface area (Å²) >= 11 is 0. The van der Waals surface area contributed by atoms with Crippen molar-refractivity contribution in [1.82, 2.24) is 0 Å². The Balaban J connectivity index is 2.31. The van der Waals surface area contributed by atoms with E-state index in [9.17, 15) is 8.42 Å². The summed E-state index contributed by atoms with van der Waals surface area (Å²) in [5, 5.41) is 5.00. The molecule has 4 nitrogen and oxygen atoms in total. The number of likely N-dealkylation sites (N-methyl/N-ethyl adjacent to an activating group) is 1. The van der Waals surface area contributed by atoms with Gasteiger partial charge in [-0.1, -0.05) is 12.1 Å². The topological polar surface area (TPSA) is 63.4 Å². The number of anilines is 1. The van der Waals surface area contributed by atoms with Gasteiger partial charge in [0.05, 0.1) is 5.75 Å². The van der Waals surface area contributed by atoms with Gasteiger partial charge in [0.2, 0.25) is 10.0 Å². The molecule has 0 aromatic heterocycles. The van der Waals surface area contributed by atoms with Crippen LogP contribution >= 0.6 is 0 Å². The number of rotatable bonds is 2. The van der Waals surface area contributed by atoms with Crippen molar-refractivity contribution in [3.05, 3.63) is 29.3 Å². The maximum absolute atomic E-state index is 10.9. The second-order valence-electron chi connectivity index (χ2n) is 3.94. The van der Waals surface area contributed by atoms with Crippen LogP contribution in [0.4, 0.5) is 5.69 Å². The van der Waals surface area contributed by atoms with Gasteiger partial charge in [-0.15, -0.1) is 0 Å². The predicted octanol–water partition coefficient (Wildman–Crippen LogP) is 0.467. The molecule has 0 fully saturated rings. The number of hydrogen-bond donors (Lipinski definition) is 1. The molecule has 0 radical (unpaired) electrons. The fourth-order valence-corrected chi connectivity index (χ4v) is 2.59. The molecule has 0 bridgehead atoms. The molecule has 0 unspecified atom stereocenters. The van der Waals surface area contributed by atoms with Crippen LogP contribution in [0, 0.1) is 0 Å². The standard InChI is InChI=1S/C10H14N2O2S/c1-12-5-4-9-6-8(2-3-10(9)12)7-15(11,13)14/h2-3,6H,4-5,7H2,1H3,(H2,11,13,14). The molecule has 0 spiro atoms. The zero-order valence-corrected chi connectivity index (χ0v) is 9.42. The maximum Gasteiger partial charge on any atom is 0.213 e. The number of primary sulfonamides is 1. The van der Waals surface area contributed by atoms with E-state index in [2.05, 4.69) is 4.90 Å². The molecule has 0 saturated heterocycles. The zero-order valence-electron chi connectivity index (χ0n) is 8.60. The summed E-state index contributed by atoms with van der Waals surface area (Å²) in [6, 6.07) is 5.72. The normalized spacial score (nSPS) is 15.5. The van der Waals surface area contributed by atoms with Gasteiger partial charge in [-0.3, -0.25) is 0 Å². The second-order valence-corrected chi connectivity index (χ2v) is 5.56.